The Hall–Kier alpha value is -3.50. The molecular formula is C23H23F2N7O. The first-order valence-electron chi connectivity index (χ1n) is 10.6. The van der Waals surface area contributed by atoms with Gasteiger partial charge >= 0.3 is 0 Å². The molecule has 2 unspecified atom stereocenters. The maximum atomic E-state index is 14.8. The first kappa shape index (κ1) is 21.4. The molecule has 0 saturated carbocycles. The Labute approximate surface area is 189 Å². The van der Waals surface area contributed by atoms with E-state index in [9.17, 15) is 13.9 Å². The molecule has 1 aliphatic heterocycles. The lowest BCUT2D eigenvalue weighted by Crippen LogP contribution is -2.53. The second-order valence-corrected chi connectivity index (χ2v) is 8.26. The average Bonchev–Trinajstić information content (AvgIpc) is 3.48. The third-order valence-corrected chi connectivity index (χ3v) is 6.31. The maximum absolute atomic E-state index is 14.8. The maximum Gasteiger partial charge on any atom is 0.137 e. The van der Waals surface area contributed by atoms with Crippen LogP contribution in [0.4, 0.5) is 8.78 Å². The van der Waals surface area contributed by atoms with Crippen LogP contribution in [0.5, 0.6) is 0 Å². The van der Waals surface area contributed by atoms with E-state index < -0.39 is 23.3 Å². The topological polar surface area (TPSA) is 84.9 Å². The summed E-state index contributed by atoms with van der Waals surface area (Å²) >= 11 is 0. The quantitative estimate of drug-likeness (QED) is 0.485. The zero-order chi connectivity index (χ0) is 23.0. The number of benzene rings is 1. The SMILES string of the molecule is CC(N1CCn2cc(-c3ccncc3)nc2C1)C(O)(Cn1cncn1)c1ccc(F)cc1F. The number of aliphatic hydroxyl groups is 1. The molecule has 0 radical (unpaired) electrons. The molecule has 5 rings (SSSR count). The van der Waals surface area contributed by atoms with Gasteiger partial charge in [0.2, 0.25) is 0 Å². The molecule has 4 aromatic rings. The molecule has 1 aliphatic rings. The Bertz CT molecular complexity index is 1250. The number of hydrogen-bond acceptors (Lipinski definition) is 6. The highest BCUT2D eigenvalue weighted by Crippen LogP contribution is 2.34. The fourth-order valence-electron chi connectivity index (χ4n) is 4.41. The summed E-state index contributed by atoms with van der Waals surface area (Å²) < 4.78 is 32.0. The van der Waals surface area contributed by atoms with E-state index in [0.717, 1.165) is 29.2 Å². The van der Waals surface area contributed by atoms with Crippen molar-refractivity contribution in [3.8, 4) is 11.3 Å². The minimum Gasteiger partial charge on any atom is -0.381 e. The molecule has 8 nitrogen and oxygen atoms in total. The van der Waals surface area contributed by atoms with Crippen LogP contribution in [0.2, 0.25) is 0 Å². The van der Waals surface area contributed by atoms with E-state index in [1.165, 1.54) is 23.4 Å². The van der Waals surface area contributed by atoms with Gasteiger partial charge in [0, 0.05) is 54.9 Å². The minimum atomic E-state index is -1.69. The lowest BCUT2D eigenvalue weighted by molar-refractivity contribution is -0.0709. The molecule has 170 valence electrons. The van der Waals surface area contributed by atoms with Crippen molar-refractivity contribution in [2.24, 2.45) is 0 Å². The second-order valence-electron chi connectivity index (χ2n) is 8.26. The molecule has 3 aromatic heterocycles. The van der Waals surface area contributed by atoms with E-state index in [1.807, 2.05) is 25.3 Å². The van der Waals surface area contributed by atoms with E-state index in [1.54, 1.807) is 12.4 Å². The molecule has 0 saturated heterocycles. The van der Waals surface area contributed by atoms with Gasteiger partial charge in [-0.3, -0.25) is 9.88 Å². The first-order chi connectivity index (χ1) is 15.9. The number of imidazole rings is 1. The number of rotatable bonds is 6. The molecular weight excluding hydrogens is 428 g/mol. The molecule has 0 aliphatic carbocycles. The highest BCUT2D eigenvalue weighted by molar-refractivity contribution is 5.57. The highest BCUT2D eigenvalue weighted by atomic mass is 19.1. The number of pyridine rings is 1. The van der Waals surface area contributed by atoms with Crippen molar-refractivity contribution in [1.82, 2.24) is 34.2 Å². The standard InChI is InChI=1S/C23H23F2N7O/c1-16(23(33,13-32-15-27-14-28-32)19-3-2-18(24)10-20(19)25)30-8-9-31-11-21(29-22(31)12-30)17-4-6-26-7-5-17/h2-7,10-11,14-16,33H,8-9,12-13H2,1H3. The number of fused-ring (bicyclic) bond motifs is 1. The summed E-state index contributed by atoms with van der Waals surface area (Å²) in [7, 11) is 0. The van der Waals surface area contributed by atoms with Gasteiger partial charge in [-0.25, -0.2) is 23.4 Å². The zero-order valence-electron chi connectivity index (χ0n) is 18.0. The van der Waals surface area contributed by atoms with Crippen molar-refractivity contribution >= 4 is 0 Å². The molecule has 0 fully saturated rings. The van der Waals surface area contributed by atoms with E-state index in [-0.39, 0.29) is 12.1 Å². The number of halogens is 2. The monoisotopic (exact) mass is 451 g/mol. The molecule has 1 N–H and O–H groups in total. The smallest absolute Gasteiger partial charge is 0.137 e. The van der Waals surface area contributed by atoms with Gasteiger partial charge in [-0.15, -0.1) is 0 Å². The van der Waals surface area contributed by atoms with Crippen molar-refractivity contribution in [3.63, 3.8) is 0 Å². The largest absolute Gasteiger partial charge is 0.381 e. The zero-order valence-corrected chi connectivity index (χ0v) is 18.0. The summed E-state index contributed by atoms with van der Waals surface area (Å²) in [6.45, 7) is 3.56. The van der Waals surface area contributed by atoms with Crippen molar-refractivity contribution in [2.45, 2.75) is 38.2 Å². The van der Waals surface area contributed by atoms with Gasteiger partial charge in [0.25, 0.3) is 0 Å². The molecule has 0 amide bonds. The fourth-order valence-corrected chi connectivity index (χ4v) is 4.41. The van der Waals surface area contributed by atoms with Crippen molar-refractivity contribution in [3.05, 3.63) is 84.6 Å². The number of aromatic nitrogens is 6. The predicted molar refractivity (Wildman–Crippen MR) is 116 cm³/mol. The third-order valence-electron chi connectivity index (χ3n) is 6.31. The average molecular weight is 451 g/mol. The van der Waals surface area contributed by atoms with Crippen LogP contribution in [0.1, 0.15) is 18.3 Å². The van der Waals surface area contributed by atoms with Crippen molar-refractivity contribution < 1.29 is 13.9 Å². The van der Waals surface area contributed by atoms with Crippen LogP contribution in [0.25, 0.3) is 11.3 Å². The Balaban J connectivity index is 1.46. The van der Waals surface area contributed by atoms with Crippen molar-refractivity contribution in [1.29, 1.82) is 0 Å². The lowest BCUT2D eigenvalue weighted by atomic mass is 9.85. The molecule has 1 aromatic carbocycles. The van der Waals surface area contributed by atoms with Crippen LogP contribution < -0.4 is 0 Å². The Morgan fingerprint density at radius 2 is 1.94 bits per heavy atom. The molecule has 0 bridgehead atoms. The normalized spacial score (nSPS) is 16.8. The molecule has 2 atom stereocenters. The van der Waals surface area contributed by atoms with Crippen LogP contribution in [0, 0.1) is 11.6 Å². The second kappa shape index (κ2) is 8.45. The number of nitrogens with zero attached hydrogens (tertiary/aromatic N) is 7. The Morgan fingerprint density at radius 1 is 1.12 bits per heavy atom. The summed E-state index contributed by atoms with van der Waals surface area (Å²) in [6, 6.07) is 6.52. The molecule has 0 spiro atoms. The predicted octanol–water partition coefficient (Wildman–Crippen LogP) is 2.61. The van der Waals surface area contributed by atoms with Gasteiger partial charge < -0.3 is 9.67 Å². The van der Waals surface area contributed by atoms with Crippen LogP contribution in [0.15, 0.2) is 61.6 Å². The van der Waals surface area contributed by atoms with Gasteiger partial charge in [-0.2, -0.15) is 5.10 Å². The van der Waals surface area contributed by atoms with Crippen molar-refractivity contribution in [2.75, 3.05) is 6.54 Å². The summed E-state index contributed by atoms with van der Waals surface area (Å²) in [5, 5.41) is 15.9. The molecule has 10 heteroatoms. The number of hydrogen-bond donors (Lipinski definition) is 1. The summed E-state index contributed by atoms with van der Waals surface area (Å²) in [5.41, 5.74) is 0.152. The van der Waals surface area contributed by atoms with Crippen LogP contribution in [-0.4, -0.2) is 51.9 Å². The fraction of sp³-hybridized carbons (Fsp3) is 0.304. The van der Waals surface area contributed by atoms with Gasteiger partial charge in [0.05, 0.1) is 18.8 Å². The van der Waals surface area contributed by atoms with E-state index in [4.69, 9.17) is 4.98 Å². The highest BCUT2D eigenvalue weighted by Gasteiger charge is 2.43. The van der Waals surface area contributed by atoms with Gasteiger partial charge in [-0.1, -0.05) is 6.07 Å². The van der Waals surface area contributed by atoms with Gasteiger partial charge in [0.1, 0.15) is 35.7 Å². The molecule has 33 heavy (non-hydrogen) atoms. The Kier molecular flexibility index (Phi) is 5.47. The van der Waals surface area contributed by atoms with E-state index in [0.29, 0.717) is 19.6 Å². The minimum absolute atomic E-state index is 0.0123. The summed E-state index contributed by atoms with van der Waals surface area (Å²) in [6.07, 6.45) is 8.27. The van der Waals surface area contributed by atoms with Crippen LogP contribution in [-0.2, 0) is 25.2 Å². The van der Waals surface area contributed by atoms with E-state index >= 15 is 0 Å². The lowest BCUT2D eigenvalue weighted by Gasteiger charge is -2.42. The summed E-state index contributed by atoms with van der Waals surface area (Å²) in [4.78, 5) is 14.8. The first-order valence-corrected chi connectivity index (χ1v) is 10.6. The van der Waals surface area contributed by atoms with Crippen LogP contribution >= 0.6 is 0 Å². The van der Waals surface area contributed by atoms with Gasteiger partial charge in [0.15, 0.2) is 0 Å². The van der Waals surface area contributed by atoms with E-state index in [2.05, 4.69) is 24.5 Å². The van der Waals surface area contributed by atoms with Gasteiger partial charge in [-0.05, 0) is 25.1 Å². The molecule has 4 heterocycles. The van der Waals surface area contributed by atoms with Crippen LogP contribution in [0.3, 0.4) is 0 Å². The Morgan fingerprint density at radius 3 is 2.67 bits per heavy atom. The third kappa shape index (κ3) is 4.03. The summed E-state index contributed by atoms with van der Waals surface area (Å²) in [5.74, 6) is -0.652.